The second-order valence-electron chi connectivity index (χ2n) is 5.05. The number of carbonyl (C=O) groups excluding carboxylic acids is 2. The van der Waals surface area contributed by atoms with Crippen molar-refractivity contribution in [2.45, 2.75) is 25.1 Å². The van der Waals surface area contributed by atoms with Crippen LogP contribution in [-0.4, -0.2) is 57.6 Å². The molecule has 1 aromatic rings. The zero-order valence-corrected chi connectivity index (χ0v) is 13.6. The third-order valence-corrected chi connectivity index (χ3v) is 3.70. The first-order chi connectivity index (χ1) is 11.0. The zero-order valence-electron chi connectivity index (χ0n) is 13.6. The van der Waals surface area contributed by atoms with Crippen molar-refractivity contribution in [1.82, 2.24) is 0 Å². The average molecular weight is 320 g/mol. The molecule has 1 aliphatic heterocycles. The van der Waals surface area contributed by atoms with Crippen LogP contribution < -0.4 is 9.64 Å². The maximum absolute atomic E-state index is 12.2. The third kappa shape index (κ3) is 3.34. The molecule has 124 valence electrons. The van der Waals surface area contributed by atoms with Crippen LogP contribution in [0.3, 0.4) is 0 Å². The zero-order chi connectivity index (χ0) is 17.0. The van der Waals surface area contributed by atoms with Crippen LogP contribution >= 0.6 is 0 Å². The molecule has 1 saturated heterocycles. The van der Waals surface area contributed by atoms with Gasteiger partial charge in [-0.05, 0) is 31.2 Å². The standard InChI is InChI=1S/C16H20N2O5/c1-10(16(20)23-4)17-9-13-14(22-3)15(19)18(13)11-5-7-12(21-2)8-6-11/h5-10,13-14H,1-4H3/t10?,13-,14+/m0/s1. The lowest BCUT2D eigenvalue weighted by Crippen LogP contribution is -2.66. The quantitative estimate of drug-likeness (QED) is 0.445. The number of amides is 1. The largest absolute Gasteiger partial charge is 0.497 e. The number of rotatable bonds is 6. The van der Waals surface area contributed by atoms with E-state index in [1.54, 1.807) is 49.4 Å². The van der Waals surface area contributed by atoms with E-state index in [0.717, 1.165) is 0 Å². The summed E-state index contributed by atoms with van der Waals surface area (Å²) in [5, 5.41) is 0. The topological polar surface area (TPSA) is 77.4 Å². The van der Waals surface area contributed by atoms with Crippen molar-refractivity contribution in [3.63, 3.8) is 0 Å². The number of benzene rings is 1. The molecule has 1 heterocycles. The molecule has 7 nitrogen and oxygen atoms in total. The highest BCUT2D eigenvalue weighted by Crippen LogP contribution is 2.30. The molecular weight excluding hydrogens is 300 g/mol. The SMILES string of the molecule is COC(=O)C(C)N=C[C@H]1[C@@H](OC)C(=O)N1c1ccc(OC)cc1. The predicted molar refractivity (Wildman–Crippen MR) is 85.0 cm³/mol. The Kier molecular flexibility index (Phi) is 5.33. The van der Waals surface area contributed by atoms with Crippen LogP contribution in [0.5, 0.6) is 5.75 Å². The second kappa shape index (κ2) is 7.23. The van der Waals surface area contributed by atoms with Crippen molar-refractivity contribution < 1.29 is 23.8 Å². The van der Waals surface area contributed by atoms with Gasteiger partial charge in [-0.1, -0.05) is 0 Å². The van der Waals surface area contributed by atoms with Gasteiger partial charge in [0.25, 0.3) is 5.91 Å². The Bertz CT molecular complexity index is 599. The highest BCUT2D eigenvalue weighted by Gasteiger charge is 2.47. The first kappa shape index (κ1) is 17.0. The Morgan fingerprint density at radius 2 is 1.91 bits per heavy atom. The van der Waals surface area contributed by atoms with Crippen LogP contribution in [0.25, 0.3) is 0 Å². The fourth-order valence-corrected chi connectivity index (χ4v) is 2.36. The molecule has 1 amide bonds. The van der Waals surface area contributed by atoms with E-state index in [1.165, 1.54) is 14.2 Å². The molecule has 23 heavy (non-hydrogen) atoms. The smallest absolute Gasteiger partial charge is 0.330 e. The Morgan fingerprint density at radius 1 is 1.26 bits per heavy atom. The number of esters is 1. The predicted octanol–water partition coefficient (Wildman–Crippen LogP) is 1.06. The van der Waals surface area contributed by atoms with Crippen molar-refractivity contribution in [3.05, 3.63) is 24.3 Å². The first-order valence-electron chi connectivity index (χ1n) is 7.14. The summed E-state index contributed by atoms with van der Waals surface area (Å²) in [5.41, 5.74) is 0.714. The molecule has 3 atom stereocenters. The molecule has 1 aliphatic rings. The van der Waals surface area contributed by atoms with Gasteiger partial charge in [-0.25, -0.2) is 4.79 Å². The van der Waals surface area contributed by atoms with E-state index in [1.807, 2.05) is 0 Å². The summed E-state index contributed by atoms with van der Waals surface area (Å²) in [5.74, 6) is 0.117. The van der Waals surface area contributed by atoms with Gasteiger partial charge in [0.15, 0.2) is 6.10 Å². The molecule has 0 saturated carbocycles. The minimum absolute atomic E-state index is 0.153. The third-order valence-electron chi connectivity index (χ3n) is 3.70. The molecule has 0 spiro atoms. The van der Waals surface area contributed by atoms with E-state index < -0.39 is 18.1 Å². The van der Waals surface area contributed by atoms with Crippen molar-refractivity contribution >= 4 is 23.8 Å². The summed E-state index contributed by atoms with van der Waals surface area (Å²) in [6.45, 7) is 1.63. The number of methoxy groups -OCH3 is 3. The Labute approximate surface area is 134 Å². The molecule has 7 heteroatoms. The highest BCUT2D eigenvalue weighted by atomic mass is 16.5. The van der Waals surface area contributed by atoms with Crippen LogP contribution in [0.15, 0.2) is 29.3 Å². The van der Waals surface area contributed by atoms with E-state index >= 15 is 0 Å². The molecule has 1 unspecified atom stereocenters. The summed E-state index contributed by atoms with van der Waals surface area (Å²) in [6.07, 6.45) is 0.951. The maximum Gasteiger partial charge on any atom is 0.330 e. The average Bonchev–Trinajstić information content (AvgIpc) is 2.58. The Balaban J connectivity index is 2.18. The van der Waals surface area contributed by atoms with Gasteiger partial charge in [0.1, 0.15) is 17.8 Å². The van der Waals surface area contributed by atoms with Gasteiger partial charge >= 0.3 is 5.97 Å². The molecule has 0 bridgehead atoms. The number of nitrogens with zero attached hydrogens (tertiary/aromatic N) is 2. The highest BCUT2D eigenvalue weighted by molar-refractivity contribution is 6.10. The number of anilines is 1. The fraction of sp³-hybridized carbons (Fsp3) is 0.438. The number of hydrogen-bond donors (Lipinski definition) is 0. The normalized spacial score (nSPS) is 21.9. The van der Waals surface area contributed by atoms with E-state index in [2.05, 4.69) is 9.73 Å². The summed E-state index contributed by atoms with van der Waals surface area (Å²) >= 11 is 0. The Hall–Kier alpha value is -2.41. The lowest BCUT2D eigenvalue weighted by molar-refractivity contribution is -0.141. The number of ether oxygens (including phenoxy) is 3. The van der Waals surface area contributed by atoms with Gasteiger partial charge < -0.3 is 14.2 Å². The van der Waals surface area contributed by atoms with Crippen LogP contribution in [0, 0.1) is 0 Å². The lowest BCUT2D eigenvalue weighted by Gasteiger charge is -2.44. The molecule has 2 rings (SSSR count). The first-order valence-corrected chi connectivity index (χ1v) is 7.14. The Morgan fingerprint density at radius 3 is 2.43 bits per heavy atom. The fourth-order valence-electron chi connectivity index (χ4n) is 2.36. The van der Waals surface area contributed by atoms with Crippen LogP contribution in [0.4, 0.5) is 5.69 Å². The van der Waals surface area contributed by atoms with Gasteiger partial charge in [0.05, 0.1) is 14.2 Å². The molecule has 0 aliphatic carbocycles. The van der Waals surface area contributed by atoms with Crippen LogP contribution in [0.2, 0.25) is 0 Å². The van der Waals surface area contributed by atoms with Gasteiger partial charge in [-0.15, -0.1) is 0 Å². The van der Waals surface area contributed by atoms with E-state index in [0.29, 0.717) is 11.4 Å². The molecule has 0 radical (unpaired) electrons. The van der Waals surface area contributed by atoms with Crippen LogP contribution in [0.1, 0.15) is 6.92 Å². The van der Waals surface area contributed by atoms with Crippen LogP contribution in [-0.2, 0) is 19.1 Å². The molecule has 0 N–H and O–H groups in total. The number of carbonyl (C=O) groups is 2. The number of hydrogen-bond acceptors (Lipinski definition) is 6. The van der Waals surface area contributed by atoms with E-state index in [-0.39, 0.29) is 11.9 Å². The number of aliphatic imine (C=N–C) groups is 1. The van der Waals surface area contributed by atoms with Crippen molar-refractivity contribution in [1.29, 1.82) is 0 Å². The molecule has 1 fully saturated rings. The van der Waals surface area contributed by atoms with Gasteiger partial charge in [-0.2, -0.15) is 0 Å². The lowest BCUT2D eigenvalue weighted by atomic mass is 9.97. The molecule has 1 aromatic carbocycles. The summed E-state index contributed by atoms with van der Waals surface area (Å²) in [6, 6.07) is 6.11. The summed E-state index contributed by atoms with van der Waals surface area (Å²) < 4.78 is 14.9. The summed E-state index contributed by atoms with van der Waals surface area (Å²) in [4.78, 5) is 29.3. The van der Waals surface area contributed by atoms with Crippen molar-refractivity contribution in [2.24, 2.45) is 4.99 Å². The number of β-lactam (4-membered cyclic amide) rings is 1. The van der Waals surface area contributed by atoms with E-state index in [9.17, 15) is 9.59 Å². The van der Waals surface area contributed by atoms with Gasteiger partial charge in [0, 0.05) is 19.0 Å². The monoisotopic (exact) mass is 320 g/mol. The maximum atomic E-state index is 12.2. The second-order valence-corrected chi connectivity index (χ2v) is 5.05. The van der Waals surface area contributed by atoms with Gasteiger partial charge in [0.2, 0.25) is 0 Å². The minimum Gasteiger partial charge on any atom is -0.497 e. The van der Waals surface area contributed by atoms with Crippen molar-refractivity contribution in [2.75, 3.05) is 26.2 Å². The van der Waals surface area contributed by atoms with Gasteiger partial charge in [-0.3, -0.25) is 14.7 Å². The minimum atomic E-state index is -0.633. The molecular formula is C16H20N2O5. The van der Waals surface area contributed by atoms with E-state index in [4.69, 9.17) is 9.47 Å². The summed E-state index contributed by atoms with van der Waals surface area (Å²) in [7, 11) is 4.36. The van der Waals surface area contributed by atoms with Crippen molar-refractivity contribution in [3.8, 4) is 5.75 Å². The molecule has 0 aromatic heterocycles.